The Bertz CT molecular complexity index is 670. The van der Waals surface area contributed by atoms with Gasteiger partial charge in [-0.15, -0.1) is 0 Å². The molecule has 3 unspecified atom stereocenters. The molecule has 1 rings (SSSR count). The van der Waals surface area contributed by atoms with Crippen LogP contribution in [0.4, 0.5) is 0 Å². The molecule has 5 heteroatoms. The third-order valence-electron chi connectivity index (χ3n) is 4.59. The zero-order valence-corrected chi connectivity index (χ0v) is 18.0. The van der Waals surface area contributed by atoms with Gasteiger partial charge in [-0.2, -0.15) is 0 Å². The Morgan fingerprint density at radius 3 is 2.71 bits per heavy atom. The molecule has 0 aromatic heterocycles. The highest BCUT2D eigenvalue weighted by molar-refractivity contribution is 5.99. The van der Waals surface area contributed by atoms with Crippen molar-refractivity contribution in [1.29, 1.82) is 0 Å². The van der Waals surface area contributed by atoms with Crippen LogP contribution in [0, 0.1) is 11.8 Å². The molecule has 1 aliphatic rings. The number of nitrogens with zero attached hydrogens (tertiary/aromatic N) is 1. The second-order valence-electron chi connectivity index (χ2n) is 7.21. The molecule has 1 heterocycles. The summed E-state index contributed by atoms with van der Waals surface area (Å²) in [5.41, 5.74) is 1.98. The molecule has 1 amide bonds. The number of carbonyl (C=O) groups is 1. The van der Waals surface area contributed by atoms with E-state index in [0.29, 0.717) is 11.9 Å². The summed E-state index contributed by atoms with van der Waals surface area (Å²) in [6, 6.07) is 0.0299. The Labute approximate surface area is 170 Å². The summed E-state index contributed by atoms with van der Waals surface area (Å²) in [4.78, 5) is 17.0. The predicted octanol–water partition coefficient (Wildman–Crippen LogP) is 4.20. The lowest BCUT2D eigenvalue weighted by molar-refractivity contribution is -0.123. The van der Waals surface area contributed by atoms with E-state index in [1.165, 1.54) is 0 Å². The Morgan fingerprint density at radius 1 is 1.32 bits per heavy atom. The first-order valence-corrected chi connectivity index (χ1v) is 10.1. The van der Waals surface area contributed by atoms with E-state index in [1.807, 2.05) is 45.2 Å². The van der Waals surface area contributed by atoms with Gasteiger partial charge in [0.2, 0.25) is 11.9 Å². The average molecular weight is 385 g/mol. The predicted molar refractivity (Wildman–Crippen MR) is 120 cm³/mol. The van der Waals surface area contributed by atoms with Crippen LogP contribution in [0.25, 0.3) is 0 Å². The Balaban J connectivity index is 2.46. The highest BCUT2D eigenvalue weighted by atomic mass is 16.2. The molecule has 1 aliphatic heterocycles. The molecule has 0 fully saturated rings. The molecule has 0 saturated heterocycles. The van der Waals surface area contributed by atoms with E-state index in [-0.39, 0.29) is 17.9 Å². The van der Waals surface area contributed by atoms with E-state index in [0.717, 1.165) is 30.7 Å². The maximum absolute atomic E-state index is 12.5. The van der Waals surface area contributed by atoms with Crippen LogP contribution < -0.4 is 16.0 Å². The fourth-order valence-electron chi connectivity index (χ4n) is 2.87. The second kappa shape index (κ2) is 12.8. The minimum Gasteiger partial charge on any atom is -0.388 e. The van der Waals surface area contributed by atoms with Gasteiger partial charge < -0.3 is 10.6 Å². The van der Waals surface area contributed by atoms with Crippen molar-refractivity contribution in [1.82, 2.24) is 16.0 Å². The van der Waals surface area contributed by atoms with Gasteiger partial charge >= 0.3 is 0 Å². The molecular formula is C23H36N4O. The largest absolute Gasteiger partial charge is 0.388 e. The van der Waals surface area contributed by atoms with Crippen LogP contribution in [-0.2, 0) is 4.79 Å². The lowest BCUT2D eigenvalue weighted by Crippen LogP contribution is -2.40. The van der Waals surface area contributed by atoms with Crippen LogP contribution in [0.3, 0.4) is 0 Å². The quantitative estimate of drug-likeness (QED) is 0.495. The topological polar surface area (TPSA) is 65.5 Å². The minimum atomic E-state index is -0.0761. The zero-order chi connectivity index (χ0) is 20.9. The number of carbonyl (C=O) groups excluding carboxylic acids is 1. The van der Waals surface area contributed by atoms with Crippen LogP contribution in [0.5, 0.6) is 0 Å². The van der Waals surface area contributed by atoms with E-state index in [9.17, 15) is 4.79 Å². The van der Waals surface area contributed by atoms with E-state index in [4.69, 9.17) is 0 Å². The van der Waals surface area contributed by atoms with Crippen molar-refractivity contribution in [3.05, 3.63) is 60.5 Å². The normalized spacial score (nSPS) is 20.9. The van der Waals surface area contributed by atoms with Crippen LogP contribution >= 0.6 is 0 Å². The first-order valence-electron chi connectivity index (χ1n) is 10.1. The first kappa shape index (κ1) is 23.5. The molecule has 0 saturated carbocycles. The molecule has 0 bridgehead atoms. The van der Waals surface area contributed by atoms with Crippen molar-refractivity contribution < 1.29 is 4.79 Å². The third-order valence-corrected chi connectivity index (χ3v) is 4.59. The SMILES string of the molecule is C=C/C(=C\C=C/CC(C)CC(C)C(=O)NC1=NC(C)/C(=C\C=C/CC)N1)NC. The molecular weight excluding hydrogens is 348 g/mol. The van der Waals surface area contributed by atoms with E-state index >= 15 is 0 Å². The molecule has 3 atom stereocenters. The van der Waals surface area contributed by atoms with Crippen molar-refractivity contribution in [2.45, 2.75) is 53.0 Å². The third kappa shape index (κ3) is 8.42. The van der Waals surface area contributed by atoms with Gasteiger partial charge in [-0.25, -0.2) is 4.99 Å². The van der Waals surface area contributed by atoms with E-state index < -0.39 is 0 Å². The molecule has 3 N–H and O–H groups in total. The van der Waals surface area contributed by atoms with Gasteiger partial charge in [-0.3, -0.25) is 10.1 Å². The van der Waals surface area contributed by atoms with E-state index in [2.05, 4.69) is 53.5 Å². The molecule has 28 heavy (non-hydrogen) atoms. The first-order chi connectivity index (χ1) is 13.4. The fraction of sp³-hybridized carbons (Fsp3) is 0.478. The smallest absolute Gasteiger partial charge is 0.229 e. The summed E-state index contributed by atoms with van der Waals surface area (Å²) < 4.78 is 0. The van der Waals surface area contributed by atoms with Crippen molar-refractivity contribution in [2.75, 3.05) is 7.05 Å². The highest BCUT2D eigenvalue weighted by Crippen LogP contribution is 2.17. The van der Waals surface area contributed by atoms with Crippen molar-refractivity contribution >= 4 is 11.9 Å². The Kier molecular flexibility index (Phi) is 10.7. The lowest BCUT2D eigenvalue weighted by Gasteiger charge is -2.16. The molecule has 0 radical (unpaired) electrons. The van der Waals surface area contributed by atoms with Gasteiger partial charge in [0.25, 0.3) is 0 Å². The number of likely N-dealkylation sites (N-methyl/N-ethyl adjacent to an activating group) is 1. The summed E-state index contributed by atoms with van der Waals surface area (Å²) in [5.74, 6) is 0.887. The average Bonchev–Trinajstić information content (AvgIpc) is 3.01. The maximum Gasteiger partial charge on any atom is 0.229 e. The molecule has 5 nitrogen and oxygen atoms in total. The summed E-state index contributed by atoms with van der Waals surface area (Å²) >= 11 is 0. The highest BCUT2D eigenvalue weighted by Gasteiger charge is 2.22. The molecule has 0 spiro atoms. The van der Waals surface area contributed by atoms with Gasteiger partial charge in [0.1, 0.15) is 0 Å². The molecule has 154 valence electrons. The van der Waals surface area contributed by atoms with E-state index in [1.54, 1.807) is 6.08 Å². The Hall–Kier alpha value is -2.56. The van der Waals surface area contributed by atoms with Gasteiger partial charge in [0.15, 0.2) is 0 Å². The molecule has 0 aromatic carbocycles. The summed E-state index contributed by atoms with van der Waals surface area (Å²) in [5, 5.41) is 9.17. The van der Waals surface area contributed by atoms with Crippen molar-refractivity contribution in [3.8, 4) is 0 Å². The number of allylic oxidation sites excluding steroid dienone is 7. The monoisotopic (exact) mass is 384 g/mol. The molecule has 0 aliphatic carbocycles. The number of rotatable bonds is 10. The van der Waals surface area contributed by atoms with Crippen molar-refractivity contribution in [2.24, 2.45) is 16.8 Å². The van der Waals surface area contributed by atoms with Crippen LogP contribution in [0.1, 0.15) is 47.0 Å². The van der Waals surface area contributed by atoms with Gasteiger partial charge in [0.05, 0.1) is 6.04 Å². The summed E-state index contributed by atoms with van der Waals surface area (Å²) in [6.45, 7) is 12.0. The van der Waals surface area contributed by atoms with Crippen LogP contribution in [0.2, 0.25) is 0 Å². The summed E-state index contributed by atoms with van der Waals surface area (Å²) in [6.07, 6.45) is 16.8. The maximum atomic E-state index is 12.5. The zero-order valence-electron chi connectivity index (χ0n) is 18.0. The number of amides is 1. The minimum absolute atomic E-state index is 0.00338. The number of hydrogen-bond acceptors (Lipinski definition) is 4. The van der Waals surface area contributed by atoms with Crippen LogP contribution in [0.15, 0.2) is 65.5 Å². The Morgan fingerprint density at radius 2 is 2.07 bits per heavy atom. The van der Waals surface area contributed by atoms with Gasteiger partial charge in [-0.05, 0) is 50.3 Å². The van der Waals surface area contributed by atoms with Crippen LogP contribution in [-0.4, -0.2) is 25.0 Å². The van der Waals surface area contributed by atoms with Gasteiger partial charge in [-0.1, -0.05) is 51.7 Å². The summed E-state index contributed by atoms with van der Waals surface area (Å²) in [7, 11) is 1.87. The number of guanidine groups is 1. The standard InChI is InChI=1S/C23H36N4O/c1-7-9-10-15-21-19(5)25-23(26-21)27-22(28)18(4)16-17(3)13-11-12-14-20(8-2)24-6/h8-12,14-15,17-19,24H,2,7,13,16H2,1,3-6H3,(H2,25,26,27,28)/b10-9-,12-11-,20-14+,21-15+. The number of hydrogen-bond donors (Lipinski definition) is 3. The fourth-order valence-corrected chi connectivity index (χ4v) is 2.87. The van der Waals surface area contributed by atoms with Crippen molar-refractivity contribution in [3.63, 3.8) is 0 Å². The molecule has 0 aromatic rings. The van der Waals surface area contributed by atoms with Gasteiger partial charge in [0, 0.05) is 24.4 Å². The number of aliphatic imine (C=N–C) groups is 1. The lowest BCUT2D eigenvalue weighted by atomic mass is 9.94. The number of nitrogens with one attached hydrogen (secondary N) is 3. The second-order valence-corrected chi connectivity index (χ2v) is 7.21.